The topological polar surface area (TPSA) is 76.4 Å². The molecule has 0 spiro atoms. The third-order valence-electron chi connectivity index (χ3n) is 4.45. The van der Waals surface area contributed by atoms with Gasteiger partial charge in [0.05, 0.1) is 17.1 Å². The molecule has 1 aliphatic rings. The zero-order chi connectivity index (χ0) is 19.8. The number of nitrogens with zero attached hydrogens (tertiary/aromatic N) is 2. The largest absolute Gasteiger partial charge is 0.378 e. The smallest absolute Gasteiger partial charge is 0.257 e. The summed E-state index contributed by atoms with van der Waals surface area (Å²) in [4.78, 5) is 14.1. The number of halogens is 3. The van der Waals surface area contributed by atoms with E-state index in [1.165, 1.54) is 25.1 Å². The molecular formula is C19H16ClF2N3O2. The van der Waals surface area contributed by atoms with Gasteiger partial charge in [-0.25, -0.2) is 8.78 Å². The fourth-order valence-corrected chi connectivity index (χ4v) is 3.23. The van der Waals surface area contributed by atoms with Crippen LogP contribution in [-0.2, 0) is 11.2 Å². The van der Waals surface area contributed by atoms with Gasteiger partial charge in [-0.2, -0.15) is 5.26 Å². The van der Waals surface area contributed by atoms with E-state index in [9.17, 15) is 18.7 Å². The molecule has 1 aliphatic heterocycles. The normalized spacial score (nSPS) is 15.0. The predicted molar refractivity (Wildman–Crippen MR) is 97.7 cm³/mol. The SMILES string of the molecule is CC(O)(CN1CCc2cc(F)c(F)cc21)C(=O)Nc1ccc(C#N)c(Cl)c1. The average molecular weight is 392 g/mol. The molecule has 1 heterocycles. The number of nitriles is 1. The number of amides is 1. The Balaban J connectivity index is 1.74. The second-order valence-corrected chi connectivity index (χ2v) is 7.01. The molecule has 1 amide bonds. The van der Waals surface area contributed by atoms with Crippen LogP contribution in [0.2, 0.25) is 5.02 Å². The lowest BCUT2D eigenvalue weighted by Gasteiger charge is -2.29. The standard InChI is InChI=1S/C19H16ClF2N3O2/c1-19(27,18(26)24-13-3-2-12(9-23)14(20)7-13)10-25-5-4-11-6-15(21)16(22)8-17(11)25/h2-3,6-8,27H,4-5,10H2,1H3,(H,24,26). The molecule has 0 aromatic heterocycles. The van der Waals surface area contributed by atoms with Crippen LogP contribution >= 0.6 is 11.6 Å². The van der Waals surface area contributed by atoms with Gasteiger partial charge in [0.25, 0.3) is 5.91 Å². The molecular weight excluding hydrogens is 376 g/mol. The fraction of sp³-hybridized carbons (Fsp3) is 0.263. The molecule has 140 valence electrons. The number of rotatable bonds is 4. The number of anilines is 2. The summed E-state index contributed by atoms with van der Waals surface area (Å²) < 4.78 is 26.9. The summed E-state index contributed by atoms with van der Waals surface area (Å²) in [5.41, 5.74) is -0.108. The number of fused-ring (bicyclic) bond motifs is 1. The molecule has 0 saturated carbocycles. The highest BCUT2D eigenvalue weighted by Crippen LogP contribution is 2.31. The highest BCUT2D eigenvalue weighted by Gasteiger charge is 2.35. The maximum absolute atomic E-state index is 13.5. The Labute approximate surface area is 159 Å². The molecule has 1 unspecified atom stereocenters. The molecule has 0 radical (unpaired) electrons. The van der Waals surface area contributed by atoms with Crippen LogP contribution in [0.5, 0.6) is 0 Å². The highest BCUT2D eigenvalue weighted by molar-refractivity contribution is 6.32. The van der Waals surface area contributed by atoms with E-state index in [4.69, 9.17) is 16.9 Å². The lowest BCUT2D eigenvalue weighted by atomic mass is 10.0. The van der Waals surface area contributed by atoms with Gasteiger partial charge in [-0.05, 0) is 43.2 Å². The highest BCUT2D eigenvalue weighted by atomic mass is 35.5. The minimum absolute atomic E-state index is 0.0963. The van der Waals surface area contributed by atoms with Crippen molar-refractivity contribution in [3.05, 3.63) is 58.1 Å². The van der Waals surface area contributed by atoms with E-state index < -0.39 is 23.1 Å². The van der Waals surface area contributed by atoms with Gasteiger partial charge < -0.3 is 15.3 Å². The molecule has 27 heavy (non-hydrogen) atoms. The van der Waals surface area contributed by atoms with Crippen molar-refractivity contribution >= 4 is 28.9 Å². The lowest BCUT2D eigenvalue weighted by molar-refractivity contribution is -0.131. The van der Waals surface area contributed by atoms with Crippen molar-refractivity contribution in [2.24, 2.45) is 0 Å². The van der Waals surface area contributed by atoms with E-state index in [1.54, 1.807) is 4.90 Å². The molecule has 1 atom stereocenters. The van der Waals surface area contributed by atoms with Crippen LogP contribution in [0.25, 0.3) is 0 Å². The van der Waals surface area contributed by atoms with Crippen molar-refractivity contribution in [3.8, 4) is 6.07 Å². The Morgan fingerprint density at radius 2 is 2.07 bits per heavy atom. The van der Waals surface area contributed by atoms with Crippen molar-refractivity contribution in [2.75, 3.05) is 23.3 Å². The van der Waals surface area contributed by atoms with Crippen LogP contribution in [0.4, 0.5) is 20.2 Å². The quantitative estimate of drug-likeness (QED) is 0.838. The summed E-state index contributed by atoms with van der Waals surface area (Å²) in [5.74, 6) is -2.57. The van der Waals surface area contributed by atoms with Crippen LogP contribution in [0.15, 0.2) is 30.3 Å². The number of carbonyl (C=O) groups is 1. The zero-order valence-electron chi connectivity index (χ0n) is 14.4. The number of β-amino-alcohol motifs (C(OH)–C–C–N with tert-alkyl or cyclic N) is 1. The van der Waals surface area contributed by atoms with Crippen LogP contribution in [0, 0.1) is 23.0 Å². The minimum atomic E-state index is -1.80. The van der Waals surface area contributed by atoms with Gasteiger partial charge in [0, 0.05) is 24.0 Å². The number of aliphatic hydroxyl groups is 1. The van der Waals surface area contributed by atoms with Crippen LogP contribution in [0.3, 0.4) is 0 Å². The van der Waals surface area contributed by atoms with E-state index in [-0.39, 0.29) is 17.1 Å². The van der Waals surface area contributed by atoms with E-state index in [1.807, 2.05) is 6.07 Å². The van der Waals surface area contributed by atoms with Gasteiger partial charge in [-0.15, -0.1) is 0 Å². The summed E-state index contributed by atoms with van der Waals surface area (Å²) in [7, 11) is 0. The molecule has 5 nitrogen and oxygen atoms in total. The summed E-state index contributed by atoms with van der Waals surface area (Å²) in [6, 6.07) is 8.50. The third-order valence-corrected chi connectivity index (χ3v) is 4.76. The molecule has 8 heteroatoms. The van der Waals surface area contributed by atoms with Gasteiger partial charge in [-0.3, -0.25) is 4.79 Å². The second-order valence-electron chi connectivity index (χ2n) is 6.60. The van der Waals surface area contributed by atoms with Crippen molar-refractivity contribution in [3.63, 3.8) is 0 Å². The number of hydrogen-bond donors (Lipinski definition) is 2. The van der Waals surface area contributed by atoms with Gasteiger partial charge >= 0.3 is 0 Å². The minimum Gasteiger partial charge on any atom is -0.378 e. The molecule has 0 aliphatic carbocycles. The van der Waals surface area contributed by atoms with Gasteiger partial charge in [0.15, 0.2) is 17.2 Å². The summed E-state index contributed by atoms with van der Waals surface area (Å²) in [5, 5.41) is 22.2. The van der Waals surface area contributed by atoms with E-state index >= 15 is 0 Å². The first-order chi connectivity index (χ1) is 12.7. The Hall–Kier alpha value is -2.69. The molecule has 3 rings (SSSR count). The summed E-state index contributed by atoms with van der Waals surface area (Å²) >= 11 is 5.94. The Kier molecular flexibility index (Phi) is 5.05. The van der Waals surface area contributed by atoms with Crippen molar-refractivity contribution in [2.45, 2.75) is 18.9 Å². The number of nitrogens with one attached hydrogen (secondary N) is 1. The number of benzene rings is 2. The average Bonchev–Trinajstić information content (AvgIpc) is 2.96. The van der Waals surface area contributed by atoms with Crippen LogP contribution in [-0.4, -0.2) is 29.7 Å². The predicted octanol–water partition coefficient (Wildman–Crippen LogP) is 3.24. The maximum Gasteiger partial charge on any atom is 0.257 e. The maximum atomic E-state index is 13.5. The van der Waals surface area contributed by atoms with Crippen LogP contribution < -0.4 is 10.2 Å². The molecule has 0 bridgehead atoms. The van der Waals surface area contributed by atoms with Gasteiger partial charge in [-0.1, -0.05) is 11.6 Å². The monoisotopic (exact) mass is 391 g/mol. The van der Waals surface area contributed by atoms with Crippen molar-refractivity contribution in [1.29, 1.82) is 5.26 Å². The van der Waals surface area contributed by atoms with Crippen molar-refractivity contribution in [1.82, 2.24) is 0 Å². The second kappa shape index (κ2) is 7.14. The number of carbonyl (C=O) groups excluding carboxylic acids is 1. The third kappa shape index (κ3) is 3.87. The lowest BCUT2D eigenvalue weighted by Crippen LogP contribution is -2.49. The molecule has 2 N–H and O–H groups in total. The summed E-state index contributed by atoms with van der Waals surface area (Å²) in [6.07, 6.45) is 0.495. The van der Waals surface area contributed by atoms with Gasteiger partial charge in [0.2, 0.25) is 0 Å². The molecule has 0 saturated heterocycles. The summed E-state index contributed by atoms with van der Waals surface area (Å²) in [6.45, 7) is 1.68. The van der Waals surface area contributed by atoms with Gasteiger partial charge in [0.1, 0.15) is 6.07 Å². The fourth-order valence-electron chi connectivity index (χ4n) is 3.00. The van der Waals surface area contributed by atoms with E-state index in [2.05, 4.69) is 5.32 Å². The number of hydrogen-bond acceptors (Lipinski definition) is 4. The zero-order valence-corrected chi connectivity index (χ0v) is 15.1. The van der Waals surface area contributed by atoms with E-state index in [0.29, 0.717) is 29.9 Å². The first-order valence-corrected chi connectivity index (χ1v) is 8.55. The van der Waals surface area contributed by atoms with E-state index in [0.717, 1.165) is 12.1 Å². The Morgan fingerprint density at radius 1 is 1.37 bits per heavy atom. The Bertz CT molecular complexity index is 957. The Morgan fingerprint density at radius 3 is 2.74 bits per heavy atom. The first-order valence-electron chi connectivity index (χ1n) is 8.17. The van der Waals surface area contributed by atoms with Crippen LogP contribution in [0.1, 0.15) is 18.1 Å². The van der Waals surface area contributed by atoms with Crippen molar-refractivity contribution < 1.29 is 18.7 Å². The first kappa shape index (κ1) is 19.1. The molecule has 2 aromatic carbocycles. The molecule has 0 fully saturated rings. The molecule has 2 aromatic rings.